The van der Waals surface area contributed by atoms with Gasteiger partial charge in [-0.1, -0.05) is 80.0 Å². The lowest BCUT2D eigenvalue weighted by Gasteiger charge is -2.36. The Labute approximate surface area is 373 Å². The van der Waals surface area contributed by atoms with E-state index in [1.165, 1.54) is 29.6 Å². The summed E-state index contributed by atoms with van der Waals surface area (Å²) in [5.41, 5.74) is 5.03. The van der Waals surface area contributed by atoms with Crippen LogP contribution in [0.25, 0.3) is 22.0 Å². The molecular weight excluding hydrogens is 840 g/mol. The number of sulfonamides is 1. The zero-order chi connectivity index (χ0) is 43.5. The summed E-state index contributed by atoms with van der Waals surface area (Å²) in [6.45, 7) is 11.2. The number of hydrogen-bond donors (Lipinski definition) is 2. The first-order chi connectivity index (χ1) is 30.1. The van der Waals surface area contributed by atoms with Gasteiger partial charge in [0.1, 0.15) is 12.0 Å². The molecule has 324 valence electrons. The van der Waals surface area contributed by atoms with Crippen molar-refractivity contribution >= 4 is 67.2 Å². The summed E-state index contributed by atoms with van der Waals surface area (Å²) < 4.78 is 30.3. The molecule has 7 rings (SSSR count). The van der Waals surface area contributed by atoms with E-state index in [-0.39, 0.29) is 28.1 Å². The highest BCUT2D eigenvalue weighted by atomic mass is 35.5. The Balaban J connectivity index is 1.03. The minimum atomic E-state index is -4.28. The van der Waals surface area contributed by atoms with Crippen LogP contribution in [0, 0.1) is 10.1 Å². The maximum absolute atomic E-state index is 13.9. The number of halogens is 1. The van der Waals surface area contributed by atoms with E-state index in [9.17, 15) is 18.5 Å². The number of hydrogen-bond acceptors (Lipinski definition) is 11. The molecule has 2 heterocycles. The van der Waals surface area contributed by atoms with Crippen LogP contribution in [0.3, 0.4) is 0 Å². The van der Waals surface area contributed by atoms with Gasteiger partial charge in [0.25, 0.3) is 15.7 Å². The van der Waals surface area contributed by atoms with E-state index < -0.39 is 14.9 Å². The topological polar surface area (TPSA) is 137 Å². The number of nitrogens with one attached hydrogen (secondary N) is 2. The maximum atomic E-state index is 13.9. The van der Waals surface area contributed by atoms with Crippen LogP contribution in [0.5, 0.6) is 0 Å². The smallest absolute Gasteiger partial charge is 0.293 e. The highest BCUT2D eigenvalue weighted by Gasteiger charge is 2.25. The van der Waals surface area contributed by atoms with E-state index in [0.717, 1.165) is 98.9 Å². The number of fused-ring (bicyclic) bond motifs is 1. The van der Waals surface area contributed by atoms with E-state index in [1.807, 2.05) is 72.8 Å². The number of piperazine rings is 1. The molecule has 1 atom stereocenters. The molecular formula is C47H53ClN8O4S2. The third-order valence-corrected chi connectivity index (χ3v) is 13.8. The average Bonchev–Trinajstić information content (AvgIpc) is 3.28. The van der Waals surface area contributed by atoms with E-state index in [2.05, 4.69) is 72.8 Å². The van der Waals surface area contributed by atoms with Crippen molar-refractivity contribution in [3.63, 3.8) is 0 Å². The van der Waals surface area contributed by atoms with Gasteiger partial charge in [0.15, 0.2) is 5.82 Å². The van der Waals surface area contributed by atoms with Crippen molar-refractivity contribution in [2.45, 2.75) is 55.5 Å². The van der Waals surface area contributed by atoms with Crippen molar-refractivity contribution < 1.29 is 13.3 Å². The molecule has 0 spiro atoms. The third-order valence-electron chi connectivity index (χ3n) is 11.0. The second-order valence-electron chi connectivity index (χ2n) is 15.5. The van der Waals surface area contributed by atoms with Gasteiger partial charge in [-0.15, -0.1) is 11.8 Å². The molecule has 62 heavy (non-hydrogen) atoms. The largest absolute Gasteiger partial charge is 0.376 e. The first kappa shape index (κ1) is 44.8. The summed E-state index contributed by atoms with van der Waals surface area (Å²) in [6, 6.07) is 36.1. The summed E-state index contributed by atoms with van der Waals surface area (Å²) in [4.78, 5) is 28.7. The quantitative estimate of drug-likeness (QED) is 0.0431. The van der Waals surface area contributed by atoms with Gasteiger partial charge in [-0.2, -0.15) is 0 Å². The van der Waals surface area contributed by atoms with Gasteiger partial charge in [-0.05, 0) is 104 Å². The lowest BCUT2D eigenvalue weighted by molar-refractivity contribution is -0.384. The number of nitrogens with zero attached hydrogens (tertiary/aromatic N) is 6. The van der Waals surface area contributed by atoms with Gasteiger partial charge in [0.05, 0.1) is 15.3 Å². The van der Waals surface area contributed by atoms with Crippen LogP contribution in [0.1, 0.15) is 38.7 Å². The predicted molar refractivity (Wildman–Crippen MR) is 254 cm³/mol. The van der Waals surface area contributed by atoms with Gasteiger partial charge in [0.2, 0.25) is 0 Å². The van der Waals surface area contributed by atoms with Gasteiger partial charge in [0, 0.05) is 78.1 Å². The second kappa shape index (κ2) is 21.2. The minimum Gasteiger partial charge on any atom is -0.376 e. The zero-order valence-corrected chi connectivity index (χ0v) is 37.5. The van der Waals surface area contributed by atoms with Crippen LogP contribution in [0.2, 0.25) is 5.02 Å². The standard InChI is InChI=1S/C47H53ClN8O4S2/c1-3-22-53(23-4-2)24-21-38(33-61-40-13-9-6-10-14-40)51-44-20-17-41(31-46(44)56(57)58)62(59,60)52-47-43-19-16-39(30-45(43)49-34-50-47)55-27-25-54(26-28-55)32-36-29-37(48)15-18-42(36)35-11-7-5-8-12-35/h5-20,29-31,34,38,51H,3-4,21-28,32-33H2,1-2H3,(H,49,50,52). The Bertz CT molecular complexity index is 2540. The predicted octanol–water partition coefficient (Wildman–Crippen LogP) is 10.1. The molecule has 0 bridgehead atoms. The normalized spacial score (nSPS) is 14.0. The number of thioether (sulfide) groups is 1. The molecule has 0 amide bonds. The van der Waals surface area contributed by atoms with Crippen LogP contribution in [-0.2, 0) is 16.6 Å². The molecule has 1 saturated heterocycles. The van der Waals surface area contributed by atoms with Crippen LogP contribution in [-0.4, -0.2) is 90.7 Å². The number of rotatable bonds is 20. The number of anilines is 3. The lowest BCUT2D eigenvalue weighted by atomic mass is 9.99. The summed E-state index contributed by atoms with van der Waals surface area (Å²) in [6.07, 6.45) is 4.17. The summed E-state index contributed by atoms with van der Waals surface area (Å²) in [5, 5.41) is 17.1. The van der Waals surface area contributed by atoms with E-state index >= 15 is 0 Å². The monoisotopic (exact) mass is 892 g/mol. The van der Waals surface area contributed by atoms with Crippen LogP contribution in [0.15, 0.2) is 131 Å². The molecule has 12 nitrogen and oxygen atoms in total. The maximum Gasteiger partial charge on any atom is 0.293 e. The lowest BCUT2D eigenvalue weighted by Crippen LogP contribution is -2.46. The molecule has 1 aliphatic heterocycles. The first-order valence-corrected chi connectivity index (χ1v) is 24.0. The fraction of sp³-hybridized carbons (Fsp3) is 0.319. The van der Waals surface area contributed by atoms with Crippen LogP contribution < -0.4 is 14.9 Å². The second-order valence-corrected chi connectivity index (χ2v) is 18.7. The molecule has 1 aromatic heterocycles. The molecule has 0 radical (unpaired) electrons. The number of nitro groups is 1. The van der Waals surface area contributed by atoms with Crippen LogP contribution in [0.4, 0.5) is 22.9 Å². The van der Waals surface area contributed by atoms with Crippen molar-refractivity contribution in [3.8, 4) is 11.1 Å². The number of nitro benzene ring substituents is 1. The SMILES string of the molecule is CCCN(CCC)CCC(CSc1ccccc1)Nc1ccc(S(=O)(=O)Nc2ncnc3cc(N4CCN(Cc5cc(Cl)ccc5-c5ccccc5)CC4)ccc23)cc1[N+](=O)[O-]. The molecule has 15 heteroatoms. The Kier molecular flexibility index (Phi) is 15.3. The number of benzene rings is 5. The molecule has 1 fully saturated rings. The van der Waals surface area contributed by atoms with Crippen molar-refractivity contribution in [1.82, 2.24) is 19.8 Å². The van der Waals surface area contributed by atoms with Gasteiger partial charge in [-0.25, -0.2) is 18.4 Å². The average molecular weight is 894 g/mol. The minimum absolute atomic E-state index is 0.0914. The summed E-state index contributed by atoms with van der Waals surface area (Å²) in [5.74, 6) is 0.765. The third kappa shape index (κ3) is 11.6. The Morgan fingerprint density at radius 2 is 1.58 bits per heavy atom. The zero-order valence-electron chi connectivity index (χ0n) is 35.1. The Hall–Kier alpha value is -5.25. The Morgan fingerprint density at radius 1 is 0.855 bits per heavy atom. The molecule has 1 aliphatic rings. The van der Waals surface area contributed by atoms with E-state index in [0.29, 0.717) is 16.7 Å². The Morgan fingerprint density at radius 3 is 2.29 bits per heavy atom. The molecule has 1 unspecified atom stereocenters. The molecule has 0 saturated carbocycles. The number of aromatic nitrogens is 2. The van der Waals surface area contributed by atoms with Crippen molar-refractivity contribution in [2.24, 2.45) is 0 Å². The van der Waals surface area contributed by atoms with Crippen molar-refractivity contribution in [1.29, 1.82) is 0 Å². The van der Waals surface area contributed by atoms with Gasteiger partial charge in [-0.3, -0.25) is 19.7 Å². The molecule has 0 aliphatic carbocycles. The molecule has 2 N–H and O–H groups in total. The highest BCUT2D eigenvalue weighted by molar-refractivity contribution is 7.99. The molecule has 5 aromatic carbocycles. The summed E-state index contributed by atoms with van der Waals surface area (Å²) >= 11 is 8.12. The van der Waals surface area contributed by atoms with Gasteiger partial charge >= 0.3 is 0 Å². The van der Waals surface area contributed by atoms with Crippen LogP contribution >= 0.6 is 23.4 Å². The van der Waals surface area contributed by atoms with E-state index in [1.54, 1.807) is 11.8 Å². The molecule has 6 aromatic rings. The van der Waals surface area contributed by atoms with Crippen molar-refractivity contribution in [2.75, 3.05) is 66.5 Å². The van der Waals surface area contributed by atoms with E-state index in [4.69, 9.17) is 11.6 Å². The fourth-order valence-corrected chi connectivity index (χ4v) is 10.1. The summed E-state index contributed by atoms with van der Waals surface area (Å²) in [7, 11) is -4.28. The van der Waals surface area contributed by atoms with Crippen molar-refractivity contribution in [3.05, 3.63) is 142 Å². The fourth-order valence-electron chi connectivity index (χ4n) is 7.90. The first-order valence-electron chi connectivity index (χ1n) is 21.1. The van der Waals surface area contributed by atoms with Gasteiger partial charge < -0.3 is 15.1 Å². The highest BCUT2D eigenvalue weighted by Crippen LogP contribution is 2.33.